The molecule has 0 aromatic heterocycles. The van der Waals surface area contributed by atoms with Gasteiger partial charge in [0.1, 0.15) is 0 Å². The van der Waals surface area contributed by atoms with Crippen molar-refractivity contribution in [3.63, 3.8) is 0 Å². The summed E-state index contributed by atoms with van der Waals surface area (Å²) in [5.41, 5.74) is 2.20. The minimum atomic E-state index is -0.389. The number of aliphatic hydroxyl groups is 1. The molecule has 0 bridgehead atoms. The summed E-state index contributed by atoms with van der Waals surface area (Å²) in [6, 6.07) is 8.03. The van der Waals surface area contributed by atoms with Gasteiger partial charge in [-0.15, -0.1) is 6.58 Å². The first-order chi connectivity index (χ1) is 7.22. The Morgan fingerprint density at radius 2 is 2.33 bits per heavy atom. The molecule has 0 saturated carbocycles. The molecule has 78 valence electrons. The second-order valence-electron chi connectivity index (χ2n) is 3.55. The standard InChI is InChI=1S/C14H16O/c1-3-6-14(15)10-5-9-13-8-4-7-12(2)11-13/h3-4,7-8,11,14-15H,1,6,10H2,2H3. The SMILES string of the molecule is C=CCC(O)CC#Cc1cccc(C)c1. The highest BCUT2D eigenvalue weighted by molar-refractivity contribution is 5.36. The largest absolute Gasteiger partial charge is 0.392 e. The molecule has 1 aromatic rings. The van der Waals surface area contributed by atoms with Crippen molar-refractivity contribution in [1.29, 1.82) is 0 Å². The molecule has 0 aliphatic rings. The molecule has 1 N–H and O–H groups in total. The van der Waals surface area contributed by atoms with Crippen LogP contribution in [0.2, 0.25) is 0 Å². The molecule has 0 fully saturated rings. The number of rotatable bonds is 3. The van der Waals surface area contributed by atoms with Crippen molar-refractivity contribution in [2.45, 2.75) is 25.9 Å². The predicted molar refractivity (Wildman–Crippen MR) is 63.5 cm³/mol. The molecule has 1 nitrogen and oxygen atoms in total. The van der Waals surface area contributed by atoms with E-state index < -0.39 is 0 Å². The van der Waals surface area contributed by atoms with Gasteiger partial charge in [-0.05, 0) is 31.0 Å². The van der Waals surface area contributed by atoms with Crippen LogP contribution in [0.3, 0.4) is 0 Å². The molecular weight excluding hydrogens is 184 g/mol. The van der Waals surface area contributed by atoms with Crippen LogP contribution in [0.15, 0.2) is 36.9 Å². The summed E-state index contributed by atoms with van der Waals surface area (Å²) in [4.78, 5) is 0. The lowest BCUT2D eigenvalue weighted by molar-refractivity contribution is 0.184. The second kappa shape index (κ2) is 6.06. The van der Waals surface area contributed by atoms with Gasteiger partial charge in [-0.25, -0.2) is 0 Å². The van der Waals surface area contributed by atoms with E-state index in [1.54, 1.807) is 6.08 Å². The third-order valence-corrected chi connectivity index (χ3v) is 2.03. The normalized spacial score (nSPS) is 11.3. The van der Waals surface area contributed by atoms with E-state index >= 15 is 0 Å². The Bertz CT molecular complexity index is 382. The van der Waals surface area contributed by atoms with Gasteiger partial charge in [0.15, 0.2) is 0 Å². The molecular formula is C14H16O. The molecule has 0 heterocycles. The molecule has 0 radical (unpaired) electrons. The van der Waals surface area contributed by atoms with E-state index in [-0.39, 0.29) is 6.10 Å². The third kappa shape index (κ3) is 4.49. The van der Waals surface area contributed by atoms with E-state index in [2.05, 4.69) is 18.4 Å². The van der Waals surface area contributed by atoms with Crippen molar-refractivity contribution < 1.29 is 5.11 Å². The van der Waals surface area contributed by atoms with Crippen molar-refractivity contribution in [1.82, 2.24) is 0 Å². The van der Waals surface area contributed by atoms with Crippen molar-refractivity contribution >= 4 is 0 Å². The lowest BCUT2D eigenvalue weighted by Gasteiger charge is -2.00. The van der Waals surface area contributed by atoms with Gasteiger partial charge in [-0.3, -0.25) is 0 Å². The van der Waals surface area contributed by atoms with Crippen molar-refractivity contribution in [2.24, 2.45) is 0 Å². The summed E-state index contributed by atoms with van der Waals surface area (Å²) in [6.07, 6.45) is 2.42. The van der Waals surface area contributed by atoms with E-state index in [4.69, 9.17) is 0 Å². The Morgan fingerprint density at radius 3 is 3.00 bits per heavy atom. The molecule has 0 amide bonds. The van der Waals surface area contributed by atoms with E-state index in [9.17, 15) is 5.11 Å². The monoisotopic (exact) mass is 200 g/mol. The average molecular weight is 200 g/mol. The van der Waals surface area contributed by atoms with Gasteiger partial charge < -0.3 is 5.11 Å². The Hall–Kier alpha value is -1.52. The molecule has 0 saturated heterocycles. The number of hydrogen-bond acceptors (Lipinski definition) is 1. The van der Waals surface area contributed by atoms with E-state index in [0.29, 0.717) is 12.8 Å². The maximum absolute atomic E-state index is 9.41. The number of aliphatic hydroxyl groups excluding tert-OH is 1. The first-order valence-electron chi connectivity index (χ1n) is 5.07. The van der Waals surface area contributed by atoms with Crippen LogP contribution in [0.5, 0.6) is 0 Å². The highest BCUT2D eigenvalue weighted by Crippen LogP contribution is 2.02. The maximum atomic E-state index is 9.41. The maximum Gasteiger partial charge on any atom is 0.0683 e. The quantitative estimate of drug-likeness (QED) is 0.587. The molecule has 1 aromatic carbocycles. The topological polar surface area (TPSA) is 20.2 Å². The molecule has 0 aliphatic carbocycles. The van der Waals surface area contributed by atoms with Gasteiger partial charge in [0, 0.05) is 12.0 Å². The lowest BCUT2D eigenvalue weighted by atomic mass is 10.1. The Labute approximate surface area is 91.5 Å². The zero-order chi connectivity index (χ0) is 11.1. The number of aryl methyl sites for hydroxylation is 1. The van der Waals surface area contributed by atoms with Crippen LogP contribution in [-0.4, -0.2) is 11.2 Å². The zero-order valence-corrected chi connectivity index (χ0v) is 9.03. The molecule has 0 aliphatic heterocycles. The van der Waals surface area contributed by atoms with E-state index in [1.807, 2.05) is 31.2 Å². The van der Waals surface area contributed by atoms with Crippen LogP contribution in [0, 0.1) is 18.8 Å². The fourth-order valence-electron chi connectivity index (χ4n) is 1.27. The Kier molecular flexibility index (Phi) is 4.66. The Morgan fingerprint density at radius 1 is 1.53 bits per heavy atom. The third-order valence-electron chi connectivity index (χ3n) is 2.03. The van der Waals surface area contributed by atoms with Gasteiger partial charge in [0.2, 0.25) is 0 Å². The molecule has 1 atom stereocenters. The molecule has 0 spiro atoms. The summed E-state index contributed by atoms with van der Waals surface area (Å²) < 4.78 is 0. The molecule has 1 heteroatoms. The summed E-state index contributed by atoms with van der Waals surface area (Å²) in [7, 11) is 0. The van der Waals surface area contributed by atoms with Crippen LogP contribution in [0.4, 0.5) is 0 Å². The summed E-state index contributed by atoms with van der Waals surface area (Å²) >= 11 is 0. The van der Waals surface area contributed by atoms with E-state index in [1.165, 1.54) is 5.56 Å². The summed E-state index contributed by atoms with van der Waals surface area (Å²) in [5, 5.41) is 9.41. The van der Waals surface area contributed by atoms with Gasteiger partial charge in [-0.1, -0.05) is 30.0 Å². The van der Waals surface area contributed by atoms with Gasteiger partial charge in [0.05, 0.1) is 6.10 Å². The lowest BCUT2D eigenvalue weighted by Crippen LogP contribution is -2.02. The summed E-state index contributed by atoms with van der Waals surface area (Å²) in [6.45, 7) is 5.61. The number of hydrogen-bond donors (Lipinski definition) is 1. The summed E-state index contributed by atoms with van der Waals surface area (Å²) in [5.74, 6) is 6.00. The minimum Gasteiger partial charge on any atom is -0.392 e. The minimum absolute atomic E-state index is 0.389. The van der Waals surface area contributed by atoms with Crippen LogP contribution >= 0.6 is 0 Å². The first-order valence-corrected chi connectivity index (χ1v) is 5.07. The highest BCUT2D eigenvalue weighted by atomic mass is 16.3. The van der Waals surface area contributed by atoms with Crippen molar-refractivity contribution in [3.05, 3.63) is 48.0 Å². The van der Waals surface area contributed by atoms with E-state index in [0.717, 1.165) is 5.56 Å². The zero-order valence-electron chi connectivity index (χ0n) is 9.03. The van der Waals surface area contributed by atoms with Crippen LogP contribution in [0.25, 0.3) is 0 Å². The number of benzene rings is 1. The van der Waals surface area contributed by atoms with Gasteiger partial charge in [-0.2, -0.15) is 0 Å². The Balaban J connectivity index is 2.54. The van der Waals surface area contributed by atoms with Crippen molar-refractivity contribution in [3.8, 4) is 11.8 Å². The first kappa shape index (κ1) is 11.6. The molecule has 1 rings (SSSR count). The predicted octanol–water partition coefficient (Wildman–Crippen LogP) is 2.67. The average Bonchev–Trinajstić information content (AvgIpc) is 2.18. The fourth-order valence-corrected chi connectivity index (χ4v) is 1.27. The van der Waals surface area contributed by atoms with Gasteiger partial charge in [0.25, 0.3) is 0 Å². The van der Waals surface area contributed by atoms with Crippen LogP contribution < -0.4 is 0 Å². The highest BCUT2D eigenvalue weighted by Gasteiger charge is 1.96. The van der Waals surface area contributed by atoms with Gasteiger partial charge >= 0.3 is 0 Å². The van der Waals surface area contributed by atoms with Crippen LogP contribution in [0.1, 0.15) is 24.0 Å². The van der Waals surface area contributed by atoms with Crippen molar-refractivity contribution in [2.75, 3.05) is 0 Å². The smallest absolute Gasteiger partial charge is 0.0683 e. The molecule has 15 heavy (non-hydrogen) atoms. The fraction of sp³-hybridized carbons (Fsp3) is 0.286. The van der Waals surface area contributed by atoms with Crippen LogP contribution in [-0.2, 0) is 0 Å². The second-order valence-corrected chi connectivity index (χ2v) is 3.55. The molecule has 1 unspecified atom stereocenters.